The highest BCUT2D eigenvalue weighted by Gasteiger charge is 2.19. The zero-order chi connectivity index (χ0) is 14.9. The van der Waals surface area contributed by atoms with Crippen LogP contribution in [0.4, 0.5) is 10.1 Å². The van der Waals surface area contributed by atoms with Crippen LogP contribution in [-0.2, 0) is 0 Å². The standard InChI is InChI=1S/C14H11BrFNO3/c1-8-6-14(12(17(18)19)7-11(8)16)20-13-4-3-10(15)5-9(13)2/h3-7H,1-2H3. The summed E-state index contributed by atoms with van der Waals surface area (Å²) in [6.07, 6.45) is 0. The fourth-order valence-corrected chi connectivity index (χ4v) is 2.19. The Balaban J connectivity index is 2.47. The van der Waals surface area contributed by atoms with Gasteiger partial charge < -0.3 is 4.74 Å². The Morgan fingerprint density at radius 3 is 2.45 bits per heavy atom. The maximum Gasteiger partial charge on any atom is 0.314 e. The number of nitro benzene ring substituents is 1. The molecule has 20 heavy (non-hydrogen) atoms. The number of benzene rings is 2. The van der Waals surface area contributed by atoms with Gasteiger partial charge in [-0.3, -0.25) is 10.1 Å². The van der Waals surface area contributed by atoms with E-state index in [4.69, 9.17) is 4.74 Å². The predicted octanol–water partition coefficient (Wildman–Crippen LogP) is 4.91. The van der Waals surface area contributed by atoms with E-state index in [0.717, 1.165) is 16.1 Å². The molecule has 0 unspecified atom stereocenters. The van der Waals surface area contributed by atoms with Crippen molar-refractivity contribution in [1.82, 2.24) is 0 Å². The number of ether oxygens (including phenoxy) is 1. The zero-order valence-electron chi connectivity index (χ0n) is 10.8. The lowest BCUT2D eigenvalue weighted by Gasteiger charge is -2.10. The summed E-state index contributed by atoms with van der Waals surface area (Å²) in [6.45, 7) is 3.35. The van der Waals surface area contributed by atoms with Gasteiger partial charge in [-0.05, 0) is 49.2 Å². The molecule has 0 spiro atoms. The van der Waals surface area contributed by atoms with E-state index in [1.54, 1.807) is 12.1 Å². The molecule has 0 bridgehead atoms. The summed E-state index contributed by atoms with van der Waals surface area (Å²) in [7, 11) is 0. The minimum atomic E-state index is -0.661. The third-order valence-electron chi connectivity index (χ3n) is 2.79. The van der Waals surface area contributed by atoms with Crippen LogP contribution in [0.1, 0.15) is 11.1 Å². The first-order valence-electron chi connectivity index (χ1n) is 5.77. The summed E-state index contributed by atoms with van der Waals surface area (Å²) in [5.74, 6) is -0.113. The number of aryl methyl sites for hydroxylation is 2. The molecule has 2 rings (SSSR count). The number of rotatable bonds is 3. The zero-order valence-corrected chi connectivity index (χ0v) is 12.4. The molecule has 0 aromatic heterocycles. The summed E-state index contributed by atoms with van der Waals surface area (Å²) in [5.41, 5.74) is 0.714. The van der Waals surface area contributed by atoms with Crippen molar-refractivity contribution in [3.63, 3.8) is 0 Å². The van der Waals surface area contributed by atoms with Crippen molar-refractivity contribution in [1.29, 1.82) is 0 Å². The molecule has 0 amide bonds. The maximum atomic E-state index is 13.4. The molecule has 0 heterocycles. The van der Waals surface area contributed by atoms with Crippen LogP contribution in [0.2, 0.25) is 0 Å². The second-order valence-electron chi connectivity index (χ2n) is 4.34. The van der Waals surface area contributed by atoms with E-state index in [9.17, 15) is 14.5 Å². The third-order valence-corrected chi connectivity index (χ3v) is 3.29. The monoisotopic (exact) mass is 339 g/mol. The van der Waals surface area contributed by atoms with Crippen LogP contribution >= 0.6 is 15.9 Å². The van der Waals surface area contributed by atoms with Gasteiger partial charge in [-0.25, -0.2) is 4.39 Å². The van der Waals surface area contributed by atoms with Crippen LogP contribution in [0.3, 0.4) is 0 Å². The quantitative estimate of drug-likeness (QED) is 0.589. The Bertz CT molecular complexity index is 688. The second-order valence-corrected chi connectivity index (χ2v) is 5.25. The minimum absolute atomic E-state index is 0.0272. The molecule has 104 valence electrons. The van der Waals surface area contributed by atoms with Crippen molar-refractivity contribution < 1.29 is 14.1 Å². The van der Waals surface area contributed by atoms with Crippen LogP contribution < -0.4 is 4.74 Å². The molecule has 4 nitrogen and oxygen atoms in total. The van der Waals surface area contributed by atoms with E-state index in [2.05, 4.69) is 15.9 Å². The highest BCUT2D eigenvalue weighted by Crippen LogP contribution is 2.35. The van der Waals surface area contributed by atoms with Crippen molar-refractivity contribution in [3.05, 3.63) is 61.9 Å². The lowest BCUT2D eigenvalue weighted by atomic mass is 10.2. The van der Waals surface area contributed by atoms with Gasteiger partial charge in [0.2, 0.25) is 5.75 Å². The molecule has 0 radical (unpaired) electrons. The number of hydrogen-bond donors (Lipinski definition) is 0. The smallest absolute Gasteiger partial charge is 0.314 e. The lowest BCUT2D eigenvalue weighted by Crippen LogP contribution is -1.97. The van der Waals surface area contributed by atoms with E-state index in [-0.39, 0.29) is 5.75 Å². The number of halogens is 2. The molecule has 2 aromatic rings. The Morgan fingerprint density at radius 2 is 1.85 bits per heavy atom. The van der Waals surface area contributed by atoms with Crippen LogP contribution in [0.25, 0.3) is 0 Å². The summed E-state index contributed by atoms with van der Waals surface area (Å²) >= 11 is 3.33. The normalized spacial score (nSPS) is 10.4. The first-order chi connectivity index (χ1) is 9.38. The molecule has 0 aliphatic heterocycles. The number of hydrogen-bond acceptors (Lipinski definition) is 3. The molecule has 0 atom stereocenters. The van der Waals surface area contributed by atoms with Crippen molar-refractivity contribution >= 4 is 21.6 Å². The predicted molar refractivity (Wildman–Crippen MR) is 76.7 cm³/mol. The van der Waals surface area contributed by atoms with E-state index >= 15 is 0 Å². The molecule has 0 aliphatic carbocycles. The van der Waals surface area contributed by atoms with Gasteiger partial charge >= 0.3 is 5.69 Å². The second kappa shape index (κ2) is 5.58. The Kier molecular flexibility index (Phi) is 4.04. The van der Waals surface area contributed by atoms with Gasteiger partial charge in [0.05, 0.1) is 11.0 Å². The van der Waals surface area contributed by atoms with Gasteiger partial charge in [-0.1, -0.05) is 15.9 Å². The van der Waals surface area contributed by atoms with E-state index in [0.29, 0.717) is 11.3 Å². The molecule has 0 N–H and O–H groups in total. The molecule has 0 aliphatic rings. The first kappa shape index (κ1) is 14.5. The highest BCUT2D eigenvalue weighted by atomic mass is 79.9. The van der Waals surface area contributed by atoms with E-state index in [1.165, 1.54) is 13.0 Å². The van der Waals surface area contributed by atoms with Crippen molar-refractivity contribution in [2.24, 2.45) is 0 Å². The van der Waals surface area contributed by atoms with Crippen LogP contribution in [0, 0.1) is 29.8 Å². The lowest BCUT2D eigenvalue weighted by molar-refractivity contribution is -0.385. The van der Waals surface area contributed by atoms with Crippen molar-refractivity contribution in [3.8, 4) is 11.5 Å². The molecule has 2 aromatic carbocycles. The highest BCUT2D eigenvalue weighted by molar-refractivity contribution is 9.10. The molecule has 0 fully saturated rings. The number of nitro groups is 1. The minimum Gasteiger partial charge on any atom is -0.450 e. The summed E-state index contributed by atoms with van der Waals surface area (Å²) in [4.78, 5) is 10.3. The SMILES string of the molecule is Cc1cc(Oc2ccc(Br)cc2C)c([N+](=O)[O-])cc1F. The topological polar surface area (TPSA) is 52.4 Å². The van der Waals surface area contributed by atoms with Crippen molar-refractivity contribution in [2.75, 3.05) is 0 Å². The van der Waals surface area contributed by atoms with Gasteiger partial charge in [-0.15, -0.1) is 0 Å². The van der Waals surface area contributed by atoms with E-state index < -0.39 is 16.4 Å². The van der Waals surface area contributed by atoms with Crippen LogP contribution in [0.15, 0.2) is 34.8 Å². The first-order valence-corrected chi connectivity index (χ1v) is 6.56. The maximum absolute atomic E-state index is 13.4. The summed E-state index contributed by atoms with van der Waals surface area (Å²) < 4.78 is 19.9. The molecule has 0 saturated heterocycles. The fraction of sp³-hybridized carbons (Fsp3) is 0.143. The Hall–Kier alpha value is -1.95. The molecular weight excluding hydrogens is 329 g/mol. The largest absolute Gasteiger partial charge is 0.450 e. The van der Waals surface area contributed by atoms with Gasteiger partial charge in [-0.2, -0.15) is 0 Å². The van der Waals surface area contributed by atoms with Crippen LogP contribution in [-0.4, -0.2) is 4.92 Å². The molecule has 6 heteroatoms. The van der Waals surface area contributed by atoms with E-state index in [1.807, 2.05) is 13.0 Å². The number of nitrogens with zero attached hydrogens (tertiary/aromatic N) is 1. The summed E-state index contributed by atoms with van der Waals surface area (Å²) in [5, 5.41) is 11.0. The summed E-state index contributed by atoms with van der Waals surface area (Å²) in [6, 6.07) is 7.50. The average Bonchev–Trinajstić information content (AvgIpc) is 2.36. The van der Waals surface area contributed by atoms with Gasteiger partial charge in [0, 0.05) is 4.47 Å². The Labute approximate surface area is 123 Å². The fourth-order valence-electron chi connectivity index (χ4n) is 1.71. The third kappa shape index (κ3) is 2.96. The van der Waals surface area contributed by atoms with Crippen molar-refractivity contribution in [2.45, 2.75) is 13.8 Å². The average molecular weight is 340 g/mol. The molecule has 0 saturated carbocycles. The van der Waals surface area contributed by atoms with Gasteiger partial charge in [0.25, 0.3) is 0 Å². The van der Waals surface area contributed by atoms with Gasteiger partial charge in [0.15, 0.2) is 0 Å². The van der Waals surface area contributed by atoms with Crippen LogP contribution in [0.5, 0.6) is 11.5 Å². The Morgan fingerprint density at radius 1 is 1.15 bits per heavy atom. The molecular formula is C14H11BrFNO3. The van der Waals surface area contributed by atoms with Gasteiger partial charge in [0.1, 0.15) is 11.6 Å².